The van der Waals surface area contributed by atoms with Crippen LogP contribution in [0.4, 0.5) is 0 Å². The van der Waals surface area contributed by atoms with Crippen LogP contribution in [0.1, 0.15) is 110 Å². The average Bonchev–Trinajstić information content (AvgIpc) is 3.10. The Morgan fingerprint density at radius 2 is 1.13 bits per heavy atom. The molecule has 0 spiro atoms. The van der Waals surface area contributed by atoms with Gasteiger partial charge in [0.05, 0.1) is 39.9 Å². The number of nitrogens with one attached hydrogen (secondary N) is 1. The maximum absolute atomic E-state index is 12.7. The molecule has 0 saturated carbocycles. The van der Waals surface area contributed by atoms with Gasteiger partial charge in [-0.2, -0.15) is 0 Å². The number of allylic oxidation sites excluding steroid dienone is 17. The van der Waals surface area contributed by atoms with E-state index in [1.54, 1.807) is 6.08 Å². The molecule has 0 saturated heterocycles. The van der Waals surface area contributed by atoms with Gasteiger partial charge in [-0.25, -0.2) is 0 Å². The second-order valence-corrected chi connectivity index (χ2v) is 15.3. The van der Waals surface area contributed by atoms with E-state index < -0.39 is 26.6 Å². The lowest BCUT2D eigenvalue weighted by atomic mass is 10.1. The summed E-state index contributed by atoms with van der Waals surface area (Å²) >= 11 is 0. The van der Waals surface area contributed by atoms with Crippen LogP contribution in [-0.2, 0) is 18.4 Å². The molecule has 8 nitrogen and oxygen atoms in total. The van der Waals surface area contributed by atoms with Crippen molar-refractivity contribution in [2.75, 3.05) is 40.9 Å². The number of nitrogens with zero attached hydrogens (tertiary/aromatic N) is 1. The molecule has 0 bridgehead atoms. The number of aliphatic hydroxyl groups is 1. The number of amides is 1. The summed E-state index contributed by atoms with van der Waals surface area (Å²) in [6.45, 7) is 4.33. The summed E-state index contributed by atoms with van der Waals surface area (Å²) in [5, 5.41) is 13.6. The van der Waals surface area contributed by atoms with E-state index in [1.165, 1.54) is 0 Å². The van der Waals surface area contributed by atoms with Gasteiger partial charge in [0.2, 0.25) is 5.91 Å². The molecule has 53 heavy (non-hydrogen) atoms. The number of carbonyl (C=O) groups is 1. The first-order chi connectivity index (χ1) is 25.5. The van der Waals surface area contributed by atoms with E-state index in [0.29, 0.717) is 17.4 Å². The molecule has 2 N–H and O–H groups in total. The van der Waals surface area contributed by atoms with Gasteiger partial charge in [-0.05, 0) is 77.0 Å². The molecule has 9 heteroatoms. The van der Waals surface area contributed by atoms with Crippen LogP contribution in [0.15, 0.2) is 109 Å². The minimum Gasteiger partial charge on any atom is -0.756 e. The lowest BCUT2D eigenvalue weighted by Crippen LogP contribution is -2.45. The number of carbonyl (C=O) groups excluding carboxylic acids is 1. The van der Waals surface area contributed by atoms with Gasteiger partial charge in [-0.3, -0.25) is 9.36 Å². The predicted molar refractivity (Wildman–Crippen MR) is 223 cm³/mol. The highest BCUT2D eigenvalue weighted by Crippen LogP contribution is 2.38. The first kappa shape index (κ1) is 50.2. The Morgan fingerprint density at radius 1 is 0.679 bits per heavy atom. The van der Waals surface area contributed by atoms with Crippen LogP contribution in [0.2, 0.25) is 0 Å². The number of unbranched alkanes of at least 4 members (excludes halogenated alkanes) is 4. The Labute approximate surface area is 323 Å². The number of phosphoric ester groups is 1. The smallest absolute Gasteiger partial charge is 0.268 e. The fourth-order valence-electron chi connectivity index (χ4n) is 4.55. The Hall–Kier alpha value is -2.84. The van der Waals surface area contributed by atoms with Gasteiger partial charge in [0.25, 0.3) is 7.82 Å². The van der Waals surface area contributed by atoms with Crippen LogP contribution in [0.25, 0.3) is 0 Å². The fraction of sp³-hybridized carbons (Fsp3) is 0.568. The highest BCUT2D eigenvalue weighted by molar-refractivity contribution is 7.45. The number of hydrogen-bond acceptors (Lipinski definition) is 6. The van der Waals surface area contributed by atoms with Crippen molar-refractivity contribution in [3.8, 4) is 0 Å². The zero-order valence-electron chi connectivity index (χ0n) is 33.7. The minimum atomic E-state index is -4.61. The van der Waals surface area contributed by atoms with Crippen molar-refractivity contribution in [1.82, 2.24) is 5.32 Å². The van der Waals surface area contributed by atoms with E-state index in [-0.39, 0.29) is 18.9 Å². The molecule has 0 radical (unpaired) electrons. The fourth-order valence-corrected chi connectivity index (χ4v) is 5.27. The number of aliphatic hydroxyl groups excluding tert-OH is 1. The summed E-state index contributed by atoms with van der Waals surface area (Å²) < 4.78 is 23.0. The molecule has 300 valence electrons. The summed E-state index contributed by atoms with van der Waals surface area (Å²) in [5.41, 5.74) is 0. The van der Waals surface area contributed by atoms with Crippen molar-refractivity contribution < 1.29 is 32.9 Å². The van der Waals surface area contributed by atoms with Crippen LogP contribution < -0.4 is 10.2 Å². The third-order valence-electron chi connectivity index (χ3n) is 7.72. The van der Waals surface area contributed by atoms with Gasteiger partial charge in [0, 0.05) is 6.42 Å². The van der Waals surface area contributed by atoms with Crippen LogP contribution in [-0.4, -0.2) is 68.5 Å². The highest BCUT2D eigenvalue weighted by atomic mass is 31.2. The molecular weight excluding hydrogens is 683 g/mol. The molecule has 0 aliphatic carbocycles. The molecule has 0 aliphatic heterocycles. The monoisotopic (exact) mass is 757 g/mol. The van der Waals surface area contributed by atoms with Crippen molar-refractivity contribution in [2.24, 2.45) is 0 Å². The molecule has 0 aromatic rings. The molecule has 0 aliphatic rings. The molecule has 1 amide bonds. The highest BCUT2D eigenvalue weighted by Gasteiger charge is 2.23. The summed E-state index contributed by atoms with van der Waals surface area (Å²) in [6.07, 6.45) is 50.2. The van der Waals surface area contributed by atoms with Gasteiger partial charge in [-0.1, -0.05) is 136 Å². The van der Waals surface area contributed by atoms with Gasteiger partial charge < -0.3 is 28.8 Å². The molecule has 3 unspecified atom stereocenters. The number of quaternary nitrogens is 1. The zero-order chi connectivity index (χ0) is 39.3. The summed E-state index contributed by atoms with van der Waals surface area (Å²) in [4.78, 5) is 25.1. The molecule has 0 aromatic heterocycles. The van der Waals surface area contributed by atoms with Crippen LogP contribution >= 0.6 is 7.82 Å². The van der Waals surface area contributed by atoms with E-state index >= 15 is 0 Å². The van der Waals surface area contributed by atoms with Crippen LogP contribution in [0, 0.1) is 0 Å². The first-order valence-electron chi connectivity index (χ1n) is 19.7. The van der Waals surface area contributed by atoms with Crippen molar-refractivity contribution in [3.63, 3.8) is 0 Å². The molecule has 0 rings (SSSR count). The molecule has 0 fully saturated rings. The van der Waals surface area contributed by atoms with E-state index in [4.69, 9.17) is 9.05 Å². The van der Waals surface area contributed by atoms with Gasteiger partial charge in [0.1, 0.15) is 13.2 Å². The maximum Gasteiger partial charge on any atom is 0.268 e. The molecule has 0 heterocycles. The summed E-state index contributed by atoms with van der Waals surface area (Å²) in [7, 11) is 1.18. The number of phosphoric acid groups is 1. The molecule has 0 aromatic carbocycles. The van der Waals surface area contributed by atoms with E-state index in [9.17, 15) is 19.4 Å². The second kappa shape index (κ2) is 34.9. The van der Waals surface area contributed by atoms with Gasteiger partial charge in [0.15, 0.2) is 0 Å². The zero-order valence-corrected chi connectivity index (χ0v) is 34.6. The van der Waals surface area contributed by atoms with Crippen molar-refractivity contribution >= 4 is 13.7 Å². The summed E-state index contributed by atoms with van der Waals surface area (Å²) in [5.74, 6) is -0.276. The Balaban J connectivity index is 4.52. The van der Waals surface area contributed by atoms with Crippen LogP contribution in [0.5, 0.6) is 0 Å². The van der Waals surface area contributed by atoms with E-state index in [1.807, 2.05) is 27.2 Å². The van der Waals surface area contributed by atoms with Crippen molar-refractivity contribution in [1.29, 1.82) is 0 Å². The molecule has 3 atom stereocenters. The topological polar surface area (TPSA) is 108 Å². The second-order valence-electron chi connectivity index (χ2n) is 13.9. The quantitative estimate of drug-likeness (QED) is 0.0299. The molecular formula is C44H73N2O6P. The minimum absolute atomic E-state index is 0.0247. The summed E-state index contributed by atoms with van der Waals surface area (Å²) in [6, 6.07) is -0.938. The van der Waals surface area contributed by atoms with Crippen LogP contribution in [0.3, 0.4) is 0 Å². The normalized spacial score (nSPS) is 15.7. The average molecular weight is 757 g/mol. The predicted octanol–water partition coefficient (Wildman–Crippen LogP) is 9.94. The SMILES string of the molecule is CC/C=C\C/C=C\C/C=C\C/C=C\C/C=C\C/C=C\C/C=C\CCCC(=O)NC(COP(=O)([O-])OCC[N+](C)(C)C)C(O)/C=C/CC/C=C/CCCC. The van der Waals surface area contributed by atoms with Crippen molar-refractivity contribution in [3.05, 3.63) is 109 Å². The largest absolute Gasteiger partial charge is 0.756 e. The lowest BCUT2D eigenvalue weighted by molar-refractivity contribution is -0.870. The Bertz CT molecular complexity index is 1220. The first-order valence-corrected chi connectivity index (χ1v) is 21.2. The standard InChI is InChI=1S/C44H73N2O6P/c1-6-8-10-12-14-16-17-18-19-20-21-22-23-24-25-26-27-28-29-30-32-34-36-38-44(48)45-42(41-52-53(49,50)51-40-39-46(3,4)5)43(47)37-35-33-31-15-13-11-9-7-2/h8,10,13-16,18-19,21-22,24-25,27-28,30,32,35,37,42-43,47H,6-7,9,11-12,17,20,23,26,29,31,33-34,36,38-41H2,1-5H3,(H-,45,48,49,50)/b10-8-,15-13+,16-14-,19-18-,22-21-,25-24-,28-27-,32-30-,37-35+. The van der Waals surface area contributed by atoms with Crippen molar-refractivity contribution in [2.45, 2.75) is 122 Å². The van der Waals surface area contributed by atoms with Gasteiger partial charge >= 0.3 is 0 Å². The van der Waals surface area contributed by atoms with Gasteiger partial charge in [-0.15, -0.1) is 0 Å². The number of hydrogen-bond donors (Lipinski definition) is 2. The Kier molecular flexibility index (Phi) is 33.0. The third kappa shape index (κ3) is 37.3. The van der Waals surface area contributed by atoms with E-state index in [2.05, 4.69) is 116 Å². The lowest BCUT2D eigenvalue weighted by Gasteiger charge is -2.29. The van der Waals surface area contributed by atoms with E-state index in [0.717, 1.165) is 83.5 Å². The maximum atomic E-state index is 12.7. The third-order valence-corrected chi connectivity index (χ3v) is 8.68. The number of likely N-dealkylation sites (N-methyl/N-ethyl adjacent to an activating group) is 1. The number of rotatable bonds is 33. The Morgan fingerprint density at radius 3 is 1.64 bits per heavy atom.